The van der Waals surface area contributed by atoms with Crippen molar-refractivity contribution in [3.8, 4) is 0 Å². The quantitative estimate of drug-likeness (QED) is 0.854. The van der Waals surface area contributed by atoms with Crippen LogP contribution in [0.15, 0.2) is 24.3 Å². The minimum Gasteiger partial charge on any atom is -0.456 e. The fraction of sp³-hybridized carbons (Fsp3) is 0.500. The predicted molar refractivity (Wildman–Crippen MR) is 67.0 cm³/mol. The molecule has 2 rings (SSSR count). The highest BCUT2D eigenvalue weighted by Crippen LogP contribution is 2.30. The van der Waals surface area contributed by atoms with Crippen LogP contribution in [0.2, 0.25) is 0 Å². The van der Waals surface area contributed by atoms with Gasteiger partial charge in [-0.2, -0.15) is 8.78 Å². The van der Waals surface area contributed by atoms with Gasteiger partial charge in [-0.1, -0.05) is 24.3 Å². The molecule has 1 aliphatic rings. The van der Waals surface area contributed by atoms with E-state index in [0.29, 0.717) is 0 Å². The second-order valence-corrected chi connectivity index (χ2v) is 4.92. The van der Waals surface area contributed by atoms with E-state index in [0.717, 1.165) is 11.1 Å². The standard InChI is InChI=1S/C14H17F2NO2/c1-9-5-3-4-6-12(9)10(2)17-8-11-7-14(15,16)13(18)19-11/h3-6,10-11,17H,7-8H2,1-2H3/t10-,11?/m1/s1. The summed E-state index contributed by atoms with van der Waals surface area (Å²) in [6.45, 7) is 4.19. The molecule has 1 unspecified atom stereocenters. The SMILES string of the molecule is Cc1ccccc1[C@@H](C)NCC1CC(F)(F)C(=O)O1. The number of halogens is 2. The van der Waals surface area contributed by atoms with Gasteiger partial charge in [0.25, 0.3) is 0 Å². The molecule has 1 aromatic rings. The van der Waals surface area contributed by atoms with Crippen LogP contribution in [0.25, 0.3) is 0 Å². The first-order chi connectivity index (χ1) is 8.90. The molecule has 0 aliphatic carbocycles. The molecule has 1 aliphatic heterocycles. The normalized spacial score (nSPS) is 23.2. The molecule has 104 valence electrons. The number of nitrogens with one attached hydrogen (secondary N) is 1. The molecule has 0 amide bonds. The van der Waals surface area contributed by atoms with Gasteiger partial charge in [0.15, 0.2) is 0 Å². The van der Waals surface area contributed by atoms with E-state index in [4.69, 9.17) is 0 Å². The number of esters is 1. The van der Waals surface area contributed by atoms with Crippen LogP contribution in [0.3, 0.4) is 0 Å². The van der Waals surface area contributed by atoms with Crippen LogP contribution in [0.5, 0.6) is 0 Å². The molecule has 0 bridgehead atoms. The van der Waals surface area contributed by atoms with Crippen molar-refractivity contribution in [2.24, 2.45) is 0 Å². The fourth-order valence-electron chi connectivity index (χ4n) is 2.25. The van der Waals surface area contributed by atoms with Gasteiger partial charge in [0.2, 0.25) is 0 Å². The van der Waals surface area contributed by atoms with Crippen LogP contribution < -0.4 is 5.32 Å². The van der Waals surface area contributed by atoms with Gasteiger partial charge in [-0.05, 0) is 25.0 Å². The lowest BCUT2D eigenvalue weighted by Gasteiger charge is -2.18. The molecular formula is C14H17F2NO2. The molecule has 19 heavy (non-hydrogen) atoms. The van der Waals surface area contributed by atoms with Gasteiger partial charge >= 0.3 is 11.9 Å². The van der Waals surface area contributed by atoms with Gasteiger partial charge in [-0.3, -0.25) is 0 Å². The van der Waals surface area contributed by atoms with Gasteiger partial charge in [0.1, 0.15) is 6.10 Å². The summed E-state index contributed by atoms with van der Waals surface area (Å²) in [5, 5.41) is 3.13. The molecule has 0 saturated carbocycles. The molecule has 1 N–H and O–H groups in total. The average molecular weight is 269 g/mol. The van der Waals surface area contributed by atoms with Crippen molar-refractivity contribution in [1.82, 2.24) is 5.32 Å². The Morgan fingerprint density at radius 1 is 1.47 bits per heavy atom. The van der Waals surface area contributed by atoms with E-state index in [1.165, 1.54) is 0 Å². The molecule has 1 saturated heterocycles. The van der Waals surface area contributed by atoms with Crippen molar-refractivity contribution in [3.63, 3.8) is 0 Å². The van der Waals surface area contributed by atoms with Gasteiger partial charge in [-0.15, -0.1) is 0 Å². The van der Waals surface area contributed by atoms with Crippen molar-refractivity contribution >= 4 is 5.97 Å². The number of hydrogen-bond acceptors (Lipinski definition) is 3. The molecule has 5 heteroatoms. The maximum absolute atomic E-state index is 13.0. The Balaban J connectivity index is 1.90. The number of hydrogen-bond donors (Lipinski definition) is 1. The van der Waals surface area contributed by atoms with Gasteiger partial charge < -0.3 is 10.1 Å². The average Bonchev–Trinajstić information content (AvgIpc) is 2.61. The molecule has 1 heterocycles. The molecule has 1 aromatic carbocycles. The first kappa shape index (κ1) is 13.9. The molecule has 0 spiro atoms. The molecule has 0 aromatic heterocycles. The first-order valence-corrected chi connectivity index (χ1v) is 6.28. The summed E-state index contributed by atoms with van der Waals surface area (Å²) in [6.07, 6.45) is -1.30. The smallest absolute Gasteiger partial charge is 0.377 e. The second kappa shape index (κ2) is 5.25. The summed E-state index contributed by atoms with van der Waals surface area (Å²) in [5.74, 6) is -4.75. The summed E-state index contributed by atoms with van der Waals surface area (Å²) >= 11 is 0. The summed E-state index contributed by atoms with van der Waals surface area (Å²) in [7, 11) is 0. The van der Waals surface area contributed by atoms with Crippen molar-refractivity contribution in [2.45, 2.75) is 38.3 Å². The molecular weight excluding hydrogens is 252 g/mol. The summed E-state index contributed by atoms with van der Waals surface area (Å²) < 4.78 is 30.6. The highest BCUT2D eigenvalue weighted by molar-refractivity contribution is 5.79. The number of alkyl halides is 2. The Morgan fingerprint density at radius 3 is 2.74 bits per heavy atom. The van der Waals surface area contributed by atoms with Crippen LogP contribution in [0, 0.1) is 6.92 Å². The minimum absolute atomic E-state index is 0.0223. The Morgan fingerprint density at radius 2 is 2.16 bits per heavy atom. The van der Waals surface area contributed by atoms with E-state index in [1.54, 1.807) is 0 Å². The van der Waals surface area contributed by atoms with Crippen LogP contribution in [-0.4, -0.2) is 24.5 Å². The number of carbonyl (C=O) groups is 1. The van der Waals surface area contributed by atoms with Crippen molar-refractivity contribution in [1.29, 1.82) is 0 Å². The largest absolute Gasteiger partial charge is 0.456 e. The lowest BCUT2D eigenvalue weighted by Crippen LogP contribution is -2.29. The monoisotopic (exact) mass is 269 g/mol. The van der Waals surface area contributed by atoms with E-state index in [1.807, 2.05) is 38.1 Å². The fourth-order valence-corrected chi connectivity index (χ4v) is 2.25. The highest BCUT2D eigenvalue weighted by Gasteiger charge is 2.50. The van der Waals surface area contributed by atoms with Crippen molar-refractivity contribution < 1.29 is 18.3 Å². The molecule has 3 nitrogen and oxygen atoms in total. The number of cyclic esters (lactones) is 1. The summed E-state index contributed by atoms with van der Waals surface area (Å²) in [5.41, 5.74) is 2.25. The number of rotatable bonds is 4. The number of ether oxygens (including phenoxy) is 1. The molecule has 2 atom stereocenters. The lowest BCUT2D eigenvalue weighted by atomic mass is 10.0. The Labute approximate surface area is 111 Å². The lowest BCUT2D eigenvalue weighted by molar-refractivity contribution is -0.159. The van der Waals surface area contributed by atoms with Crippen LogP contribution in [-0.2, 0) is 9.53 Å². The highest BCUT2D eigenvalue weighted by atomic mass is 19.3. The third kappa shape index (κ3) is 3.10. The Kier molecular flexibility index (Phi) is 3.85. The van der Waals surface area contributed by atoms with Gasteiger partial charge in [0, 0.05) is 12.6 Å². The summed E-state index contributed by atoms with van der Waals surface area (Å²) in [6, 6.07) is 7.89. The van der Waals surface area contributed by atoms with E-state index in [-0.39, 0.29) is 12.6 Å². The zero-order valence-electron chi connectivity index (χ0n) is 11.0. The maximum atomic E-state index is 13.0. The third-order valence-electron chi connectivity index (χ3n) is 3.36. The number of carbonyl (C=O) groups excluding carboxylic acids is 1. The zero-order chi connectivity index (χ0) is 14.0. The van der Waals surface area contributed by atoms with E-state index < -0.39 is 24.4 Å². The van der Waals surface area contributed by atoms with Gasteiger partial charge in [0.05, 0.1) is 6.42 Å². The van der Waals surface area contributed by atoms with Crippen molar-refractivity contribution in [2.75, 3.05) is 6.54 Å². The second-order valence-electron chi connectivity index (χ2n) is 4.92. The van der Waals surface area contributed by atoms with Crippen LogP contribution in [0.1, 0.15) is 30.5 Å². The Bertz CT molecular complexity index is 476. The number of benzene rings is 1. The molecule has 0 radical (unpaired) electrons. The van der Waals surface area contributed by atoms with Crippen LogP contribution in [0.4, 0.5) is 8.78 Å². The maximum Gasteiger partial charge on any atom is 0.377 e. The van der Waals surface area contributed by atoms with E-state index in [9.17, 15) is 13.6 Å². The van der Waals surface area contributed by atoms with Crippen molar-refractivity contribution in [3.05, 3.63) is 35.4 Å². The van der Waals surface area contributed by atoms with Gasteiger partial charge in [-0.25, -0.2) is 4.79 Å². The topological polar surface area (TPSA) is 38.3 Å². The number of aryl methyl sites for hydroxylation is 1. The third-order valence-corrected chi connectivity index (χ3v) is 3.36. The predicted octanol–water partition coefficient (Wildman–Crippen LogP) is 2.60. The first-order valence-electron chi connectivity index (χ1n) is 6.28. The molecule has 1 fully saturated rings. The zero-order valence-corrected chi connectivity index (χ0v) is 11.0. The minimum atomic E-state index is -3.34. The Hall–Kier alpha value is -1.49. The van der Waals surface area contributed by atoms with E-state index in [2.05, 4.69) is 10.1 Å². The van der Waals surface area contributed by atoms with Crippen LogP contribution >= 0.6 is 0 Å². The summed E-state index contributed by atoms with van der Waals surface area (Å²) in [4.78, 5) is 10.9. The van der Waals surface area contributed by atoms with E-state index >= 15 is 0 Å².